The monoisotopic (exact) mass is 268 g/mol. The molecule has 2 heterocycles. The van der Waals surface area contributed by atoms with Gasteiger partial charge < -0.3 is 15.8 Å². The highest BCUT2D eigenvalue weighted by Crippen LogP contribution is 2.20. The number of thioether (sulfide) groups is 1. The summed E-state index contributed by atoms with van der Waals surface area (Å²) >= 11 is 1.66. The lowest BCUT2D eigenvalue weighted by Crippen LogP contribution is -2.20. The van der Waals surface area contributed by atoms with E-state index in [1.165, 1.54) is 12.8 Å². The fraction of sp³-hybridized carbons (Fsp3) is 0.667. The summed E-state index contributed by atoms with van der Waals surface area (Å²) in [6.45, 7) is 3.73. The van der Waals surface area contributed by atoms with E-state index in [0.29, 0.717) is 11.9 Å². The molecule has 1 aliphatic rings. The zero-order valence-electron chi connectivity index (χ0n) is 10.7. The highest BCUT2D eigenvalue weighted by Gasteiger charge is 2.16. The van der Waals surface area contributed by atoms with Crippen LogP contribution in [0.4, 0.5) is 11.6 Å². The molecule has 0 unspecified atom stereocenters. The number of hydrogen-bond donors (Lipinski definition) is 2. The maximum atomic E-state index is 5.80. The topological polar surface area (TPSA) is 73.1 Å². The Hall–Kier alpha value is -1.01. The van der Waals surface area contributed by atoms with Crippen molar-refractivity contribution in [2.24, 2.45) is 0 Å². The summed E-state index contributed by atoms with van der Waals surface area (Å²) in [6.07, 6.45) is 3.37. The first kappa shape index (κ1) is 13.4. The Bertz CT molecular complexity index is 382. The molecule has 18 heavy (non-hydrogen) atoms. The van der Waals surface area contributed by atoms with E-state index in [4.69, 9.17) is 10.5 Å². The molecule has 1 aromatic rings. The van der Waals surface area contributed by atoms with E-state index < -0.39 is 0 Å². The molecule has 1 atom stereocenters. The number of unbranched alkanes of at least 4 members (excludes halogenated alkanes) is 1. The zero-order valence-corrected chi connectivity index (χ0v) is 11.5. The molecule has 1 saturated heterocycles. The molecule has 0 aliphatic carbocycles. The maximum absolute atomic E-state index is 5.80. The third kappa shape index (κ3) is 4.03. The molecule has 3 N–H and O–H groups in total. The SMILES string of the molecule is CCCCSc1nc(N)cc(N[C@@H]2CCOC2)n1. The lowest BCUT2D eigenvalue weighted by molar-refractivity contribution is 0.195. The Balaban J connectivity index is 1.96. The standard InChI is InChI=1S/C12H20N4OS/c1-2-3-6-18-12-15-10(13)7-11(16-12)14-9-4-5-17-8-9/h7,9H,2-6,8H2,1H3,(H3,13,14,15,16)/t9-/m1/s1. The lowest BCUT2D eigenvalue weighted by atomic mass is 10.2. The second-order valence-corrected chi connectivity index (χ2v) is 5.43. The quantitative estimate of drug-likeness (QED) is 0.468. The summed E-state index contributed by atoms with van der Waals surface area (Å²) in [5.41, 5.74) is 5.80. The molecule has 100 valence electrons. The van der Waals surface area contributed by atoms with E-state index in [9.17, 15) is 0 Å². The number of rotatable bonds is 6. The smallest absolute Gasteiger partial charge is 0.191 e. The van der Waals surface area contributed by atoms with Gasteiger partial charge in [0.2, 0.25) is 0 Å². The van der Waals surface area contributed by atoms with Crippen LogP contribution in [0.1, 0.15) is 26.2 Å². The third-order valence-electron chi connectivity index (χ3n) is 2.74. The van der Waals surface area contributed by atoms with Crippen molar-refractivity contribution in [2.45, 2.75) is 37.4 Å². The van der Waals surface area contributed by atoms with Crippen molar-refractivity contribution in [2.75, 3.05) is 30.0 Å². The average Bonchev–Trinajstić information content (AvgIpc) is 2.81. The summed E-state index contributed by atoms with van der Waals surface area (Å²) in [5.74, 6) is 2.36. The molecule has 0 radical (unpaired) electrons. The molecule has 6 heteroatoms. The molecular weight excluding hydrogens is 248 g/mol. The van der Waals surface area contributed by atoms with Gasteiger partial charge in [0.05, 0.1) is 12.6 Å². The number of anilines is 2. The average molecular weight is 268 g/mol. The van der Waals surface area contributed by atoms with Gasteiger partial charge in [0.15, 0.2) is 5.16 Å². The van der Waals surface area contributed by atoms with Crippen molar-refractivity contribution < 1.29 is 4.74 Å². The van der Waals surface area contributed by atoms with Crippen LogP contribution in [0.5, 0.6) is 0 Å². The van der Waals surface area contributed by atoms with Crippen molar-refractivity contribution in [3.63, 3.8) is 0 Å². The van der Waals surface area contributed by atoms with Crippen LogP contribution in [0.3, 0.4) is 0 Å². The van der Waals surface area contributed by atoms with Crippen LogP contribution < -0.4 is 11.1 Å². The minimum atomic E-state index is 0.341. The Labute approximate surface area is 112 Å². The molecule has 1 aromatic heterocycles. The van der Waals surface area contributed by atoms with Crippen LogP contribution in [0.25, 0.3) is 0 Å². The Morgan fingerprint density at radius 2 is 2.44 bits per heavy atom. The van der Waals surface area contributed by atoms with Gasteiger partial charge in [-0.1, -0.05) is 25.1 Å². The van der Waals surface area contributed by atoms with Gasteiger partial charge in [-0.3, -0.25) is 0 Å². The Kier molecular flexibility index (Phi) is 5.07. The maximum Gasteiger partial charge on any atom is 0.191 e. The van der Waals surface area contributed by atoms with Crippen LogP contribution in [0, 0.1) is 0 Å². The van der Waals surface area contributed by atoms with Gasteiger partial charge in [0, 0.05) is 18.4 Å². The van der Waals surface area contributed by atoms with Crippen molar-refractivity contribution in [1.82, 2.24) is 9.97 Å². The molecule has 0 aromatic carbocycles. The van der Waals surface area contributed by atoms with Gasteiger partial charge in [-0.25, -0.2) is 9.97 Å². The molecule has 5 nitrogen and oxygen atoms in total. The summed E-state index contributed by atoms with van der Waals surface area (Å²) in [5, 5.41) is 4.10. The largest absolute Gasteiger partial charge is 0.383 e. The lowest BCUT2D eigenvalue weighted by Gasteiger charge is -2.12. The fourth-order valence-electron chi connectivity index (χ4n) is 1.75. The zero-order chi connectivity index (χ0) is 12.8. The second kappa shape index (κ2) is 6.80. The van der Waals surface area contributed by atoms with Gasteiger partial charge in [0.25, 0.3) is 0 Å². The number of ether oxygens (including phenoxy) is 1. The normalized spacial score (nSPS) is 19.1. The molecule has 1 aliphatic heterocycles. The predicted octanol–water partition coefficient (Wildman–Crippen LogP) is 2.15. The predicted molar refractivity (Wildman–Crippen MR) is 74.9 cm³/mol. The Morgan fingerprint density at radius 3 is 3.17 bits per heavy atom. The third-order valence-corrected chi connectivity index (χ3v) is 3.67. The molecule has 0 spiro atoms. The number of hydrogen-bond acceptors (Lipinski definition) is 6. The van der Waals surface area contributed by atoms with E-state index in [1.54, 1.807) is 17.8 Å². The van der Waals surface area contributed by atoms with Crippen LogP contribution in [0.2, 0.25) is 0 Å². The van der Waals surface area contributed by atoms with E-state index in [1.807, 2.05) is 0 Å². The highest BCUT2D eigenvalue weighted by molar-refractivity contribution is 7.99. The van der Waals surface area contributed by atoms with Gasteiger partial charge >= 0.3 is 0 Å². The number of nitrogens with zero attached hydrogens (tertiary/aromatic N) is 2. The first-order valence-electron chi connectivity index (χ1n) is 6.39. The highest BCUT2D eigenvalue weighted by atomic mass is 32.2. The van der Waals surface area contributed by atoms with Crippen LogP contribution >= 0.6 is 11.8 Å². The van der Waals surface area contributed by atoms with Crippen molar-refractivity contribution in [3.8, 4) is 0 Å². The van der Waals surface area contributed by atoms with Crippen LogP contribution in [-0.2, 0) is 4.74 Å². The molecule has 0 saturated carbocycles. The minimum Gasteiger partial charge on any atom is -0.383 e. The van der Waals surface area contributed by atoms with Crippen LogP contribution in [-0.4, -0.2) is 35.0 Å². The number of nitrogen functional groups attached to an aromatic ring is 1. The first-order chi connectivity index (χ1) is 8.78. The Morgan fingerprint density at radius 1 is 1.56 bits per heavy atom. The van der Waals surface area contributed by atoms with Gasteiger partial charge in [-0.15, -0.1) is 0 Å². The summed E-state index contributed by atoms with van der Waals surface area (Å²) in [7, 11) is 0. The number of nitrogens with one attached hydrogen (secondary N) is 1. The van der Waals surface area contributed by atoms with E-state index in [-0.39, 0.29) is 0 Å². The summed E-state index contributed by atoms with van der Waals surface area (Å²) < 4.78 is 5.33. The molecular formula is C12H20N4OS. The van der Waals surface area contributed by atoms with Crippen molar-refractivity contribution in [1.29, 1.82) is 0 Å². The summed E-state index contributed by atoms with van der Waals surface area (Å²) in [6, 6.07) is 2.12. The van der Waals surface area contributed by atoms with Gasteiger partial charge in [-0.2, -0.15) is 0 Å². The molecule has 1 fully saturated rings. The second-order valence-electron chi connectivity index (χ2n) is 4.37. The number of aromatic nitrogens is 2. The van der Waals surface area contributed by atoms with E-state index in [2.05, 4.69) is 22.2 Å². The number of nitrogens with two attached hydrogens (primary N) is 1. The van der Waals surface area contributed by atoms with Crippen LogP contribution in [0.15, 0.2) is 11.2 Å². The molecule has 0 amide bonds. The van der Waals surface area contributed by atoms with Gasteiger partial charge in [-0.05, 0) is 12.8 Å². The first-order valence-corrected chi connectivity index (χ1v) is 7.38. The molecule has 0 bridgehead atoms. The molecule has 2 rings (SSSR count). The van der Waals surface area contributed by atoms with E-state index >= 15 is 0 Å². The van der Waals surface area contributed by atoms with Crippen molar-refractivity contribution >= 4 is 23.4 Å². The minimum absolute atomic E-state index is 0.341. The van der Waals surface area contributed by atoms with Crippen molar-refractivity contribution in [3.05, 3.63) is 6.07 Å². The van der Waals surface area contributed by atoms with E-state index in [0.717, 1.165) is 36.4 Å². The van der Waals surface area contributed by atoms with Gasteiger partial charge in [0.1, 0.15) is 11.6 Å². The summed E-state index contributed by atoms with van der Waals surface area (Å²) in [4.78, 5) is 8.71. The fourth-order valence-corrected chi connectivity index (χ4v) is 2.70.